The fourth-order valence-corrected chi connectivity index (χ4v) is 2.61. The van der Waals surface area contributed by atoms with Crippen molar-refractivity contribution in [3.05, 3.63) is 56.5 Å². The molecule has 0 spiro atoms. The first-order chi connectivity index (χ1) is 10.8. The number of halogens is 2. The number of hydrogen-bond donors (Lipinski definition) is 1. The molecule has 2 rings (SSSR count). The summed E-state index contributed by atoms with van der Waals surface area (Å²) in [4.78, 5) is 12.3. The standard InChI is InChI=1S/C18H19BrClNO2/c1-10-7-11(2)12(3)17(8-10)23-13(4)18(22)21-14-5-6-15(19)16(20)9-14/h5-9,13H,1-4H3,(H,21,22)/t13-/m1/s1. The number of aryl methyl sites for hydroxylation is 2. The third-order valence-electron chi connectivity index (χ3n) is 3.62. The summed E-state index contributed by atoms with van der Waals surface area (Å²) in [7, 11) is 0. The minimum absolute atomic E-state index is 0.220. The Morgan fingerprint density at radius 3 is 2.57 bits per heavy atom. The zero-order chi connectivity index (χ0) is 17.1. The molecule has 5 heteroatoms. The highest BCUT2D eigenvalue weighted by molar-refractivity contribution is 9.10. The molecule has 2 aromatic rings. The van der Waals surface area contributed by atoms with E-state index in [0.29, 0.717) is 10.7 Å². The predicted octanol–water partition coefficient (Wildman–Crippen LogP) is 5.43. The molecule has 1 atom stereocenters. The van der Waals surface area contributed by atoms with Crippen molar-refractivity contribution in [2.75, 3.05) is 5.32 Å². The van der Waals surface area contributed by atoms with Crippen LogP contribution in [0.5, 0.6) is 5.75 Å². The van der Waals surface area contributed by atoms with Gasteiger partial charge in [0.2, 0.25) is 0 Å². The molecule has 23 heavy (non-hydrogen) atoms. The topological polar surface area (TPSA) is 38.3 Å². The third-order valence-corrected chi connectivity index (χ3v) is 4.86. The number of anilines is 1. The molecule has 1 N–H and O–H groups in total. The molecular formula is C18H19BrClNO2. The van der Waals surface area contributed by atoms with Crippen LogP contribution in [0.2, 0.25) is 5.02 Å². The molecule has 0 bridgehead atoms. The summed E-state index contributed by atoms with van der Waals surface area (Å²) in [5.41, 5.74) is 3.93. The van der Waals surface area contributed by atoms with Gasteiger partial charge in [-0.1, -0.05) is 17.7 Å². The largest absolute Gasteiger partial charge is 0.481 e. The fourth-order valence-electron chi connectivity index (χ4n) is 2.18. The number of hydrogen-bond acceptors (Lipinski definition) is 2. The molecule has 0 aliphatic rings. The number of ether oxygens (including phenoxy) is 1. The van der Waals surface area contributed by atoms with Crippen molar-refractivity contribution < 1.29 is 9.53 Å². The monoisotopic (exact) mass is 395 g/mol. The van der Waals surface area contributed by atoms with Crippen molar-refractivity contribution in [1.29, 1.82) is 0 Å². The van der Waals surface area contributed by atoms with Crippen LogP contribution in [-0.4, -0.2) is 12.0 Å². The molecule has 0 unspecified atom stereocenters. The summed E-state index contributed by atoms with van der Waals surface area (Å²) in [6.07, 6.45) is -0.614. The molecule has 0 aromatic heterocycles. The summed E-state index contributed by atoms with van der Waals surface area (Å²) in [6.45, 7) is 7.76. The Morgan fingerprint density at radius 2 is 1.91 bits per heavy atom. The van der Waals surface area contributed by atoms with Crippen LogP contribution >= 0.6 is 27.5 Å². The van der Waals surface area contributed by atoms with E-state index >= 15 is 0 Å². The van der Waals surface area contributed by atoms with Gasteiger partial charge in [-0.15, -0.1) is 0 Å². The molecule has 2 aromatic carbocycles. The van der Waals surface area contributed by atoms with E-state index in [0.717, 1.165) is 26.9 Å². The van der Waals surface area contributed by atoms with Crippen LogP contribution in [0, 0.1) is 20.8 Å². The zero-order valence-corrected chi connectivity index (χ0v) is 15.9. The van der Waals surface area contributed by atoms with E-state index < -0.39 is 6.10 Å². The molecule has 0 fully saturated rings. The summed E-state index contributed by atoms with van der Waals surface area (Å²) >= 11 is 9.35. The van der Waals surface area contributed by atoms with Crippen molar-refractivity contribution in [2.45, 2.75) is 33.8 Å². The van der Waals surface area contributed by atoms with E-state index in [1.807, 2.05) is 26.8 Å². The zero-order valence-electron chi connectivity index (χ0n) is 13.5. The van der Waals surface area contributed by atoms with Gasteiger partial charge >= 0.3 is 0 Å². The Labute approximate surface area is 150 Å². The number of nitrogens with one attached hydrogen (secondary N) is 1. The van der Waals surface area contributed by atoms with Crippen molar-refractivity contribution in [2.24, 2.45) is 0 Å². The predicted molar refractivity (Wildman–Crippen MR) is 98.5 cm³/mol. The van der Waals surface area contributed by atoms with Gasteiger partial charge in [0, 0.05) is 10.2 Å². The van der Waals surface area contributed by atoms with Crippen LogP contribution in [0.15, 0.2) is 34.8 Å². The molecule has 0 aliphatic heterocycles. The first kappa shape index (κ1) is 17.8. The van der Waals surface area contributed by atoms with Crippen LogP contribution in [0.4, 0.5) is 5.69 Å². The maximum atomic E-state index is 12.3. The molecule has 0 heterocycles. The van der Waals surface area contributed by atoms with E-state index in [1.165, 1.54) is 0 Å². The van der Waals surface area contributed by atoms with Gasteiger partial charge in [0.05, 0.1) is 5.02 Å². The summed E-state index contributed by atoms with van der Waals surface area (Å²) in [5, 5.41) is 3.35. The van der Waals surface area contributed by atoms with Crippen LogP contribution in [-0.2, 0) is 4.79 Å². The minimum Gasteiger partial charge on any atom is -0.481 e. The van der Waals surface area contributed by atoms with Gasteiger partial charge in [-0.2, -0.15) is 0 Å². The first-order valence-corrected chi connectivity index (χ1v) is 8.45. The van der Waals surface area contributed by atoms with Crippen LogP contribution in [0.1, 0.15) is 23.6 Å². The lowest BCUT2D eigenvalue weighted by atomic mass is 10.1. The van der Waals surface area contributed by atoms with E-state index in [2.05, 4.69) is 27.3 Å². The lowest BCUT2D eigenvalue weighted by molar-refractivity contribution is -0.122. The molecule has 0 radical (unpaired) electrons. The number of rotatable bonds is 4. The van der Waals surface area contributed by atoms with E-state index in [9.17, 15) is 4.79 Å². The number of carbonyl (C=O) groups excluding carboxylic acids is 1. The third kappa shape index (κ3) is 4.49. The van der Waals surface area contributed by atoms with E-state index in [-0.39, 0.29) is 5.91 Å². The second-order valence-corrected chi connectivity index (χ2v) is 6.84. The Balaban J connectivity index is 2.10. The van der Waals surface area contributed by atoms with Crippen LogP contribution in [0.3, 0.4) is 0 Å². The molecule has 0 saturated heterocycles. The van der Waals surface area contributed by atoms with Crippen molar-refractivity contribution in [3.63, 3.8) is 0 Å². The summed E-state index contributed by atoms with van der Waals surface area (Å²) in [5.74, 6) is 0.515. The van der Waals surface area contributed by atoms with Gasteiger partial charge < -0.3 is 10.1 Å². The summed E-state index contributed by atoms with van der Waals surface area (Å²) < 4.78 is 6.63. The van der Waals surface area contributed by atoms with Gasteiger partial charge in [-0.05, 0) is 84.6 Å². The Hall–Kier alpha value is -1.52. The Morgan fingerprint density at radius 1 is 1.22 bits per heavy atom. The molecular weight excluding hydrogens is 378 g/mol. The summed E-state index contributed by atoms with van der Waals surface area (Å²) in [6, 6.07) is 9.30. The molecule has 0 saturated carbocycles. The molecule has 122 valence electrons. The van der Waals surface area contributed by atoms with Gasteiger partial charge in [-0.3, -0.25) is 4.79 Å². The van der Waals surface area contributed by atoms with Gasteiger partial charge in [0.25, 0.3) is 5.91 Å². The van der Waals surface area contributed by atoms with Gasteiger partial charge in [0.15, 0.2) is 6.10 Å². The van der Waals surface area contributed by atoms with E-state index in [1.54, 1.807) is 25.1 Å². The normalized spacial score (nSPS) is 11.9. The molecule has 1 amide bonds. The smallest absolute Gasteiger partial charge is 0.265 e. The number of carbonyl (C=O) groups is 1. The lowest BCUT2D eigenvalue weighted by Crippen LogP contribution is -2.30. The maximum absolute atomic E-state index is 12.3. The first-order valence-electron chi connectivity index (χ1n) is 7.28. The lowest BCUT2D eigenvalue weighted by Gasteiger charge is -2.18. The maximum Gasteiger partial charge on any atom is 0.265 e. The highest BCUT2D eigenvalue weighted by Crippen LogP contribution is 2.27. The second-order valence-electron chi connectivity index (χ2n) is 5.58. The number of benzene rings is 2. The van der Waals surface area contributed by atoms with E-state index in [4.69, 9.17) is 16.3 Å². The Bertz CT molecular complexity index is 746. The van der Waals surface area contributed by atoms with Crippen molar-refractivity contribution in [3.8, 4) is 5.75 Å². The Kier molecular flexibility index (Phi) is 5.71. The second kappa shape index (κ2) is 7.37. The quantitative estimate of drug-likeness (QED) is 0.748. The molecule has 0 aliphatic carbocycles. The highest BCUT2D eigenvalue weighted by atomic mass is 79.9. The number of amides is 1. The van der Waals surface area contributed by atoms with Gasteiger partial charge in [0.1, 0.15) is 5.75 Å². The minimum atomic E-state index is -0.614. The van der Waals surface area contributed by atoms with Gasteiger partial charge in [-0.25, -0.2) is 0 Å². The van der Waals surface area contributed by atoms with Crippen LogP contribution in [0.25, 0.3) is 0 Å². The average molecular weight is 397 g/mol. The van der Waals surface area contributed by atoms with Crippen LogP contribution < -0.4 is 10.1 Å². The average Bonchev–Trinajstić information content (AvgIpc) is 2.48. The van der Waals surface area contributed by atoms with Crippen molar-refractivity contribution >= 4 is 39.1 Å². The molecule has 3 nitrogen and oxygen atoms in total. The van der Waals surface area contributed by atoms with Crippen molar-refractivity contribution in [1.82, 2.24) is 0 Å². The highest BCUT2D eigenvalue weighted by Gasteiger charge is 2.17. The fraction of sp³-hybridized carbons (Fsp3) is 0.278. The SMILES string of the molecule is Cc1cc(C)c(C)c(O[C@H](C)C(=O)Nc2ccc(Br)c(Cl)c2)c1.